The third-order valence-corrected chi connectivity index (χ3v) is 8.24. The maximum absolute atomic E-state index is 12.1. The van der Waals surface area contributed by atoms with Crippen LogP contribution in [0.2, 0.25) is 0 Å². The van der Waals surface area contributed by atoms with E-state index in [9.17, 15) is 19.2 Å². The molecule has 294 valence electrons. The average molecular weight is 729 g/mol. The molecule has 2 rings (SSSR count). The van der Waals surface area contributed by atoms with Crippen molar-refractivity contribution in [2.24, 2.45) is 17.8 Å². The fourth-order valence-electron chi connectivity index (χ4n) is 5.03. The molecule has 0 aromatic heterocycles. The van der Waals surface area contributed by atoms with E-state index >= 15 is 0 Å². The van der Waals surface area contributed by atoms with Crippen LogP contribution in [0.1, 0.15) is 179 Å². The number of carboxylic acids is 2. The van der Waals surface area contributed by atoms with Crippen LogP contribution >= 0.6 is 0 Å². The Morgan fingerprint density at radius 2 is 0.712 bits per heavy atom. The third-order valence-electron chi connectivity index (χ3n) is 8.24. The van der Waals surface area contributed by atoms with Crippen LogP contribution in [-0.2, 0) is 9.47 Å². The number of aliphatic hydroxyl groups is 1. The number of unbranched alkanes of at least 4 members (excludes halogenated alkanes) is 9. The van der Waals surface area contributed by atoms with Gasteiger partial charge in [-0.2, -0.15) is 0 Å². The first-order valence-electron chi connectivity index (χ1n) is 19.4. The highest BCUT2D eigenvalue weighted by atomic mass is 16.5. The lowest BCUT2D eigenvalue weighted by Gasteiger charge is -2.08. The first-order valence-corrected chi connectivity index (χ1v) is 19.4. The molecule has 0 radical (unpaired) electrons. The summed E-state index contributed by atoms with van der Waals surface area (Å²) in [5, 5.41) is 25.4. The molecule has 0 aliphatic carbocycles. The highest BCUT2D eigenvalue weighted by Gasteiger charge is 2.11. The summed E-state index contributed by atoms with van der Waals surface area (Å²) in [6, 6.07) is 11.6. The van der Waals surface area contributed by atoms with E-state index < -0.39 is 11.9 Å². The minimum atomic E-state index is -1.06. The zero-order chi connectivity index (χ0) is 39.1. The molecule has 2 aromatic carbocycles. The maximum Gasteiger partial charge on any atom is 0.338 e. The van der Waals surface area contributed by atoms with Crippen molar-refractivity contribution in [2.45, 2.75) is 138 Å². The molecule has 0 spiro atoms. The van der Waals surface area contributed by atoms with Crippen molar-refractivity contribution in [3.8, 4) is 0 Å². The largest absolute Gasteiger partial charge is 0.478 e. The molecular formula is C43H68O9. The highest BCUT2D eigenvalue weighted by Crippen LogP contribution is 2.13. The SMILES string of the molecule is CC(C)CCCCCCO.CC(C)CCCCCCOC(=O)c1ccc(C(=O)OCCCCCCC(C)C)cc1.O=C(O)c1ccc(C(=O)O)cc1. The summed E-state index contributed by atoms with van der Waals surface area (Å²) in [5.74, 6) is -0.449. The zero-order valence-electron chi connectivity index (χ0n) is 32.9. The minimum absolute atomic E-state index is 0.0833. The summed E-state index contributed by atoms with van der Waals surface area (Å²) in [6.45, 7) is 14.7. The van der Waals surface area contributed by atoms with Crippen LogP contribution < -0.4 is 0 Å². The van der Waals surface area contributed by atoms with Gasteiger partial charge >= 0.3 is 23.9 Å². The van der Waals surface area contributed by atoms with Crippen molar-refractivity contribution in [2.75, 3.05) is 19.8 Å². The van der Waals surface area contributed by atoms with Gasteiger partial charge in [0.1, 0.15) is 0 Å². The molecule has 2 aromatic rings. The third kappa shape index (κ3) is 27.0. The number of esters is 2. The lowest BCUT2D eigenvalue weighted by Crippen LogP contribution is -2.09. The Morgan fingerprint density at radius 3 is 0.981 bits per heavy atom. The van der Waals surface area contributed by atoms with Crippen molar-refractivity contribution < 1.29 is 44.0 Å². The van der Waals surface area contributed by atoms with E-state index in [1.54, 1.807) is 24.3 Å². The summed E-state index contributed by atoms with van der Waals surface area (Å²) < 4.78 is 10.7. The highest BCUT2D eigenvalue weighted by molar-refractivity contribution is 5.93. The molecule has 0 amide bonds. The van der Waals surface area contributed by atoms with E-state index in [-0.39, 0.29) is 23.1 Å². The van der Waals surface area contributed by atoms with E-state index in [0.717, 1.165) is 49.9 Å². The predicted octanol–water partition coefficient (Wildman–Crippen LogP) is 10.9. The van der Waals surface area contributed by atoms with Crippen LogP contribution in [-0.4, -0.2) is 59.0 Å². The molecule has 0 fully saturated rings. The number of carbonyl (C=O) groups excluding carboxylic acids is 2. The Hall–Kier alpha value is -3.72. The molecule has 9 nitrogen and oxygen atoms in total. The van der Waals surface area contributed by atoms with Crippen LogP contribution in [0, 0.1) is 17.8 Å². The molecule has 0 aliphatic heterocycles. The standard InChI is InChI=1S/C26H42O4.C9H20O.C8H6O4/c1-21(2)13-9-5-7-11-19-29-25(27)23-15-17-24(18-16-23)26(28)30-20-12-8-6-10-14-22(3)4;1-9(2)7-5-3-4-6-8-10;9-7(10)5-1-2-6(4-3-5)8(11)12/h15-18,21-22H,5-14,19-20H2,1-4H3;9-10H,3-8H2,1-2H3;1-4H,(H,9,10)(H,11,12). The maximum atomic E-state index is 12.1. The van der Waals surface area contributed by atoms with Crippen LogP contribution in [0.15, 0.2) is 48.5 Å². The average Bonchev–Trinajstić information content (AvgIpc) is 3.10. The van der Waals surface area contributed by atoms with E-state index in [0.29, 0.717) is 30.9 Å². The van der Waals surface area contributed by atoms with E-state index in [2.05, 4.69) is 41.5 Å². The quantitative estimate of drug-likeness (QED) is 0.0709. The summed E-state index contributed by atoms with van der Waals surface area (Å²) in [5.41, 5.74) is 1.10. The van der Waals surface area contributed by atoms with Gasteiger partial charge in [0.05, 0.1) is 35.5 Å². The summed E-state index contributed by atoms with van der Waals surface area (Å²) in [4.78, 5) is 44.9. The van der Waals surface area contributed by atoms with Gasteiger partial charge < -0.3 is 24.8 Å². The van der Waals surface area contributed by atoms with Gasteiger partial charge in [0, 0.05) is 6.61 Å². The van der Waals surface area contributed by atoms with Crippen molar-refractivity contribution >= 4 is 23.9 Å². The first-order chi connectivity index (χ1) is 24.8. The second-order valence-corrected chi connectivity index (χ2v) is 14.6. The van der Waals surface area contributed by atoms with Crippen LogP contribution in [0.25, 0.3) is 0 Å². The van der Waals surface area contributed by atoms with Crippen LogP contribution in [0.4, 0.5) is 0 Å². The molecule has 0 bridgehead atoms. The van der Waals surface area contributed by atoms with Gasteiger partial charge in [-0.25, -0.2) is 19.2 Å². The van der Waals surface area contributed by atoms with Crippen molar-refractivity contribution in [1.29, 1.82) is 0 Å². The normalized spacial score (nSPS) is 10.7. The molecule has 0 atom stereocenters. The molecule has 0 saturated carbocycles. The lowest BCUT2D eigenvalue weighted by atomic mass is 10.0. The molecule has 9 heteroatoms. The number of carboxylic acid groups (broad SMARTS) is 2. The number of aliphatic hydroxyl groups excluding tert-OH is 1. The smallest absolute Gasteiger partial charge is 0.338 e. The van der Waals surface area contributed by atoms with Crippen LogP contribution in [0.5, 0.6) is 0 Å². The minimum Gasteiger partial charge on any atom is -0.478 e. The van der Waals surface area contributed by atoms with Crippen molar-refractivity contribution in [3.05, 3.63) is 70.8 Å². The monoisotopic (exact) mass is 728 g/mol. The van der Waals surface area contributed by atoms with Gasteiger partial charge in [-0.05, 0) is 85.5 Å². The fraction of sp³-hybridized carbons (Fsp3) is 0.628. The molecule has 0 saturated heterocycles. The summed E-state index contributed by atoms with van der Waals surface area (Å²) in [6.07, 6.45) is 17.5. The Kier molecular flexibility index (Phi) is 28.7. The number of rotatable bonds is 24. The lowest BCUT2D eigenvalue weighted by molar-refractivity contribution is 0.0483. The van der Waals surface area contributed by atoms with E-state index in [1.807, 2.05) is 0 Å². The number of aromatic carboxylic acids is 2. The summed E-state index contributed by atoms with van der Waals surface area (Å²) >= 11 is 0. The molecule has 52 heavy (non-hydrogen) atoms. The first kappa shape index (κ1) is 48.3. The topological polar surface area (TPSA) is 147 Å². The Bertz CT molecular complexity index is 1130. The molecule has 0 aliphatic rings. The Balaban J connectivity index is 0.000000958. The van der Waals surface area contributed by atoms with Crippen molar-refractivity contribution in [1.82, 2.24) is 0 Å². The van der Waals surface area contributed by atoms with Crippen molar-refractivity contribution in [3.63, 3.8) is 0 Å². The fourth-order valence-corrected chi connectivity index (χ4v) is 5.03. The predicted molar refractivity (Wildman–Crippen MR) is 208 cm³/mol. The molecule has 3 N–H and O–H groups in total. The van der Waals surface area contributed by atoms with Gasteiger partial charge in [-0.15, -0.1) is 0 Å². The number of carbonyl (C=O) groups is 4. The second kappa shape index (κ2) is 30.9. The van der Waals surface area contributed by atoms with E-state index in [1.165, 1.54) is 88.5 Å². The second-order valence-electron chi connectivity index (χ2n) is 14.6. The van der Waals surface area contributed by atoms with Gasteiger partial charge in [0.15, 0.2) is 0 Å². The number of benzene rings is 2. The summed E-state index contributed by atoms with van der Waals surface area (Å²) in [7, 11) is 0. The zero-order valence-corrected chi connectivity index (χ0v) is 32.9. The Labute approximate surface area is 313 Å². The Morgan fingerprint density at radius 1 is 0.442 bits per heavy atom. The number of hydrogen-bond donors (Lipinski definition) is 3. The van der Waals surface area contributed by atoms with Gasteiger partial charge in [-0.1, -0.05) is 119 Å². The van der Waals surface area contributed by atoms with E-state index in [4.69, 9.17) is 24.8 Å². The molecular weight excluding hydrogens is 660 g/mol. The van der Waals surface area contributed by atoms with Gasteiger partial charge in [0.2, 0.25) is 0 Å². The van der Waals surface area contributed by atoms with Gasteiger partial charge in [-0.3, -0.25) is 0 Å². The number of hydrogen-bond acceptors (Lipinski definition) is 7. The molecule has 0 heterocycles. The molecule has 0 unspecified atom stereocenters. The number of ether oxygens (including phenoxy) is 2. The van der Waals surface area contributed by atoms with Crippen LogP contribution in [0.3, 0.4) is 0 Å². The van der Waals surface area contributed by atoms with Gasteiger partial charge in [0.25, 0.3) is 0 Å².